The van der Waals surface area contributed by atoms with Gasteiger partial charge in [-0.2, -0.15) is 11.8 Å². The number of phenols is 1. The van der Waals surface area contributed by atoms with Crippen molar-refractivity contribution in [3.63, 3.8) is 0 Å². The fourth-order valence-electron chi connectivity index (χ4n) is 3.61. The molecule has 1 aromatic carbocycles. The van der Waals surface area contributed by atoms with Crippen molar-refractivity contribution in [3.8, 4) is 5.75 Å². The number of hydrogen-bond acceptors (Lipinski definition) is 6. The molecule has 9 heteroatoms. The average Bonchev–Trinajstić information content (AvgIpc) is 2.79. The normalized spacial score (nSPS) is 12.8. The molecular formula is C27H43N3O5S. The lowest BCUT2D eigenvalue weighted by molar-refractivity contribution is -0.141. The van der Waals surface area contributed by atoms with Gasteiger partial charge in [-0.25, -0.2) is 4.79 Å². The summed E-state index contributed by atoms with van der Waals surface area (Å²) in [7, 11) is 0. The molecule has 2 atom stereocenters. The molecular weight excluding hydrogens is 478 g/mol. The minimum atomic E-state index is -0.964. The molecule has 202 valence electrons. The minimum absolute atomic E-state index is 0.0948. The number of rotatable bonds is 14. The molecule has 0 aliphatic carbocycles. The number of unbranched alkanes of at least 4 members (excludes halogenated alkanes) is 2. The number of ether oxygens (including phenoxy) is 1. The number of amides is 3. The summed E-state index contributed by atoms with van der Waals surface area (Å²) in [6.45, 7) is 13.4. The Morgan fingerprint density at radius 3 is 2.50 bits per heavy atom. The lowest BCUT2D eigenvalue weighted by Crippen LogP contribution is -2.53. The highest BCUT2D eigenvalue weighted by Crippen LogP contribution is 2.27. The van der Waals surface area contributed by atoms with Gasteiger partial charge in [-0.15, -0.1) is 6.58 Å². The Balaban J connectivity index is 3.38. The van der Waals surface area contributed by atoms with Crippen LogP contribution in [0.3, 0.4) is 0 Å². The molecule has 0 saturated heterocycles. The smallest absolute Gasteiger partial charge is 0.408 e. The van der Waals surface area contributed by atoms with Gasteiger partial charge in [0.15, 0.2) is 0 Å². The third-order valence-electron chi connectivity index (χ3n) is 5.38. The van der Waals surface area contributed by atoms with Gasteiger partial charge in [0.2, 0.25) is 11.8 Å². The Kier molecular flexibility index (Phi) is 13.4. The third kappa shape index (κ3) is 10.5. The van der Waals surface area contributed by atoms with E-state index in [0.29, 0.717) is 29.8 Å². The standard InChI is InChI=1S/C27H43N3O5S/c1-8-10-11-15-28-24(32)23(20-12-13-22(31)19(3)18-20)30(16-9-2)25(33)21(14-17-36-7)29-26(34)35-27(4,5)6/h9,12-13,18,21,23,31H,2,8,10-11,14-17H2,1,3-7H3,(H,28,32)(H,29,34). The zero-order chi connectivity index (χ0) is 27.3. The fourth-order valence-corrected chi connectivity index (χ4v) is 4.08. The molecule has 0 aliphatic heterocycles. The summed E-state index contributed by atoms with van der Waals surface area (Å²) in [4.78, 5) is 41.3. The lowest BCUT2D eigenvalue weighted by atomic mass is 10.00. The molecule has 0 aromatic heterocycles. The first-order valence-electron chi connectivity index (χ1n) is 12.4. The molecule has 0 fully saturated rings. The van der Waals surface area contributed by atoms with Crippen LogP contribution in [0.1, 0.15) is 70.5 Å². The number of hydrogen-bond donors (Lipinski definition) is 3. The van der Waals surface area contributed by atoms with Crippen LogP contribution in [0.2, 0.25) is 0 Å². The number of carbonyl (C=O) groups is 3. The first-order chi connectivity index (χ1) is 16.9. The summed E-state index contributed by atoms with van der Waals surface area (Å²) in [6.07, 6.45) is 5.98. The summed E-state index contributed by atoms with van der Waals surface area (Å²) in [6, 6.07) is 3.00. The van der Waals surface area contributed by atoms with Crippen LogP contribution in [0, 0.1) is 6.92 Å². The molecule has 0 aliphatic rings. The number of phenolic OH excluding ortho intramolecular Hbond substituents is 1. The number of nitrogens with one attached hydrogen (secondary N) is 2. The SMILES string of the molecule is C=CCN(C(=O)C(CCSC)NC(=O)OC(C)(C)C)C(C(=O)NCCCCC)c1ccc(O)c(C)c1. The monoisotopic (exact) mass is 521 g/mol. The van der Waals surface area contributed by atoms with Crippen molar-refractivity contribution in [3.05, 3.63) is 42.0 Å². The van der Waals surface area contributed by atoms with Crippen LogP contribution in [0.4, 0.5) is 4.79 Å². The third-order valence-corrected chi connectivity index (χ3v) is 6.03. The molecule has 0 bridgehead atoms. The number of aryl methyl sites for hydroxylation is 1. The van der Waals surface area contributed by atoms with Gasteiger partial charge in [-0.1, -0.05) is 31.9 Å². The van der Waals surface area contributed by atoms with Gasteiger partial charge >= 0.3 is 6.09 Å². The highest BCUT2D eigenvalue weighted by Gasteiger charge is 2.35. The van der Waals surface area contributed by atoms with E-state index in [1.165, 1.54) is 11.0 Å². The van der Waals surface area contributed by atoms with Gasteiger partial charge in [0.25, 0.3) is 0 Å². The molecule has 36 heavy (non-hydrogen) atoms. The van der Waals surface area contributed by atoms with Crippen LogP contribution in [-0.4, -0.2) is 64.7 Å². The molecule has 0 saturated carbocycles. The van der Waals surface area contributed by atoms with Crippen molar-refractivity contribution >= 4 is 29.7 Å². The summed E-state index contributed by atoms with van der Waals surface area (Å²) in [5, 5.41) is 15.7. The molecule has 0 spiro atoms. The van der Waals surface area contributed by atoms with Gasteiger partial charge in [-0.3, -0.25) is 9.59 Å². The first kappa shape index (κ1) is 31.4. The van der Waals surface area contributed by atoms with Crippen LogP contribution >= 0.6 is 11.8 Å². The van der Waals surface area contributed by atoms with Gasteiger partial charge < -0.3 is 25.4 Å². The van der Waals surface area contributed by atoms with E-state index < -0.39 is 29.7 Å². The zero-order valence-electron chi connectivity index (χ0n) is 22.6. The summed E-state index contributed by atoms with van der Waals surface area (Å²) >= 11 is 1.55. The predicted octanol–water partition coefficient (Wildman–Crippen LogP) is 4.71. The maximum absolute atomic E-state index is 13.9. The molecule has 8 nitrogen and oxygen atoms in total. The quantitative estimate of drug-likeness (QED) is 0.242. The van der Waals surface area contributed by atoms with E-state index in [2.05, 4.69) is 24.1 Å². The van der Waals surface area contributed by atoms with Crippen molar-refractivity contribution in [2.24, 2.45) is 0 Å². The van der Waals surface area contributed by atoms with Crippen LogP contribution in [0.5, 0.6) is 5.75 Å². The van der Waals surface area contributed by atoms with Crippen molar-refractivity contribution in [1.29, 1.82) is 0 Å². The predicted molar refractivity (Wildman–Crippen MR) is 146 cm³/mol. The van der Waals surface area contributed by atoms with E-state index in [-0.39, 0.29) is 18.2 Å². The average molecular weight is 522 g/mol. The van der Waals surface area contributed by atoms with Crippen molar-refractivity contribution < 1.29 is 24.2 Å². The Labute approximate surface area is 220 Å². The Morgan fingerprint density at radius 1 is 1.25 bits per heavy atom. The largest absolute Gasteiger partial charge is 0.508 e. The fraction of sp³-hybridized carbons (Fsp3) is 0.593. The van der Waals surface area contributed by atoms with Gasteiger partial charge in [0.05, 0.1) is 0 Å². The molecule has 3 amide bonds. The highest BCUT2D eigenvalue weighted by molar-refractivity contribution is 7.98. The number of benzene rings is 1. The Hall–Kier alpha value is -2.68. The first-order valence-corrected chi connectivity index (χ1v) is 13.8. The second kappa shape index (κ2) is 15.4. The van der Waals surface area contributed by atoms with E-state index in [9.17, 15) is 19.5 Å². The van der Waals surface area contributed by atoms with Crippen molar-refractivity contribution in [2.75, 3.05) is 25.1 Å². The number of aromatic hydroxyl groups is 1. The van der Waals surface area contributed by atoms with E-state index in [0.717, 1.165) is 19.3 Å². The number of alkyl carbamates (subject to hydrolysis) is 1. The number of nitrogens with zero attached hydrogens (tertiary/aromatic N) is 1. The van der Waals surface area contributed by atoms with Crippen LogP contribution in [0.25, 0.3) is 0 Å². The van der Waals surface area contributed by atoms with Gasteiger partial charge in [-0.05, 0) is 75.8 Å². The lowest BCUT2D eigenvalue weighted by Gasteiger charge is -2.34. The van der Waals surface area contributed by atoms with E-state index in [1.54, 1.807) is 57.7 Å². The summed E-state index contributed by atoms with van der Waals surface area (Å²) in [5.41, 5.74) is 0.435. The maximum atomic E-state index is 13.9. The Bertz CT molecular complexity index is 885. The highest BCUT2D eigenvalue weighted by atomic mass is 32.2. The second-order valence-electron chi connectivity index (χ2n) is 9.71. The van der Waals surface area contributed by atoms with E-state index >= 15 is 0 Å². The second-order valence-corrected chi connectivity index (χ2v) is 10.7. The van der Waals surface area contributed by atoms with Crippen LogP contribution < -0.4 is 10.6 Å². The maximum Gasteiger partial charge on any atom is 0.408 e. The van der Waals surface area contributed by atoms with Crippen molar-refractivity contribution in [2.45, 2.75) is 78.0 Å². The molecule has 1 rings (SSSR count). The molecule has 2 unspecified atom stereocenters. The Morgan fingerprint density at radius 2 is 1.94 bits per heavy atom. The van der Waals surface area contributed by atoms with E-state index in [4.69, 9.17) is 4.74 Å². The summed E-state index contributed by atoms with van der Waals surface area (Å²) < 4.78 is 5.38. The molecule has 0 radical (unpaired) electrons. The van der Waals surface area contributed by atoms with Gasteiger partial charge in [0.1, 0.15) is 23.4 Å². The molecule has 0 heterocycles. The number of thioether (sulfide) groups is 1. The zero-order valence-corrected chi connectivity index (χ0v) is 23.4. The minimum Gasteiger partial charge on any atom is -0.508 e. The van der Waals surface area contributed by atoms with E-state index in [1.807, 2.05) is 6.26 Å². The van der Waals surface area contributed by atoms with Crippen molar-refractivity contribution in [1.82, 2.24) is 15.5 Å². The van der Waals surface area contributed by atoms with Gasteiger partial charge in [0, 0.05) is 13.1 Å². The molecule has 3 N–H and O–H groups in total. The van der Waals surface area contributed by atoms with Crippen LogP contribution in [-0.2, 0) is 14.3 Å². The number of carbonyl (C=O) groups excluding carboxylic acids is 3. The topological polar surface area (TPSA) is 108 Å². The summed E-state index contributed by atoms with van der Waals surface area (Å²) in [5.74, 6) is -0.00577. The molecule has 1 aromatic rings. The van der Waals surface area contributed by atoms with Crippen LogP contribution in [0.15, 0.2) is 30.9 Å².